The zero-order chi connectivity index (χ0) is 11.9. The lowest BCUT2D eigenvalue weighted by Crippen LogP contribution is -2.24. The fraction of sp³-hybridized carbons (Fsp3) is 0.571. The molecule has 2 nitrogen and oxygen atoms in total. The second kappa shape index (κ2) is 4.29. The second-order valence-electron chi connectivity index (χ2n) is 5.59. The lowest BCUT2D eigenvalue weighted by atomic mass is 10.1. The average Bonchev–Trinajstić information content (AvgIpc) is 3.13. The maximum absolute atomic E-state index is 6.15. The van der Waals surface area contributed by atoms with E-state index in [4.69, 9.17) is 10.5 Å². The van der Waals surface area contributed by atoms with Crippen molar-refractivity contribution in [1.29, 1.82) is 0 Å². The molecule has 2 fully saturated rings. The van der Waals surface area contributed by atoms with Gasteiger partial charge in [-0.2, -0.15) is 0 Å². The predicted octanol–water partition coefficient (Wildman–Crippen LogP) is 3.27. The molecule has 92 valence electrons. The summed E-state index contributed by atoms with van der Waals surface area (Å²) in [7, 11) is 0. The molecular weight excluding hydrogens is 278 g/mol. The summed E-state index contributed by atoms with van der Waals surface area (Å²) in [5, 5.41) is 0. The van der Waals surface area contributed by atoms with Gasteiger partial charge in [-0.1, -0.05) is 15.9 Å². The first-order valence-corrected chi connectivity index (χ1v) is 7.13. The number of ether oxygens (including phenoxy) is 1. The van der Waals surface area contributed by atoms with Gasteiger partial charge in [0, 0.05) is 10.0 Å². The third kappa shape index (κ3) is 3.23. The van der Waals surface area contributed by atoms with E-state index in [1.54, 1.807) is 0 Å². The van der Waals surface area contributed by atoms with Gasteiger partial charge >= 0.3 is 0 Å². The van der Waals surface area contributed by atoms with Crippen LogP contribution in [0.15, 0.2) is 22.7 Å². The van der Waals surface area contributed by atoms with Crippen molar-refractivity contribution >= 4 is 15.9 Å². The maximum Gasteiger partial charge on any atom is 0.120 e. The Kier molecular flexibility index (Phi) is 2.91. The van der Waals surface area contributed by atoms with Crippen LogP contribution in [0.1, 0.15) is 31.2 Å². The van der Waals surface area contributed by atoms with E-state index in [1.807, 2.05) is 6.07 Å². The Labute approximate surface area is 111 Å². The van der Waals surface area contributed by atoms with Gasteiger partial charge in [0.25, 0.3) is 0 Å². The maximum atomic E-state index is 6.15. The molecule has 0 saturated heterocycles. The summed E-state index contributed by atoms with van der Waals surface area (Å²) in [4.78, 5) is 0. The number of benzene rings is 1. The molecule has 0 bridgehead atoms. The molecule has 2 aliphatic rings. The molecule has 3 rings (SSSR count). The van der Waals surface area contributed by atoms with E-state index < -0.39 is 0 Å². The third-order valence-electron chi connectivity index (χ3n) is 3.56. The van der Waals surface area contributed by atoms with E-state index in [2.05, 4.69) is 28.1 Å². The van der Waals surface area contributed by atoms with Crippen LogP contribution in [0.25, 0.3) is 0 Å². The minimum absolute atomic E-state index is 0.0640. The Morgan fingerprint density at radius 1 is 1.29 bits per heavy atom. The van der Waals surface area contributed by atoms with Crippen molar-refractivity contribution in [3.8, 4) is 5.75 Å². The lowest BCUT2D eigenvalue weighted by molar-refractivity contribution is 0.299. The molecule has 0 heterocycles. The molecule has 17 heavy (non-hydrogen) atoms. The van der Waals surface area contributed by atoms with Crippen molar-refractivity contribution in [3.05, 3.63) is 28.2 Å². The molecule has 0 unspecified atom stereocenters. The summed E-state index contributed by atoms with van der Waals surface area (Å²) in [5.74, 6) is 1.77. The summed E-state index contributed by atoms with van der Waals surface area (Å²) >= 11 is 3.54. The summed E-state index contributed by atoms with van der Waals surface area (Å²) in [5.41, 5.74) is 7.50. The SMILES string of the molecule is NC1(Cc2cc(Br)cc(OCC3CC3)c2)CC1. The van der Waals surface area contributed by atoms with E-state index >= 15 is 0 Å². The van der Waals surface area contributed by atoms with Gasteiger partial charge in [0.05, 0.1) is 6.61 Å². The molecule has 1 aromatic rings. The second-order valence-corrected chi connectivity index (χ2v) is 6.50. The summed E-state index contributed by atoms with van der Waals surface area (Å²) in [6.07, 6.45) is 5.92. The fourth-order valence-corrected chi connectivity index (χ4v) is 2.57. The van der Waals surface area contributed by atoms with Crippen LogP contribution < -0.4 is 10.5 Å². The van der Waals surface area contributed by atoms with Crippen LogP contribution in [0.5, 0.6) is 5.75 Å². The van der Waals surface area contributed by atoms with Crippen molar-refractivity contribution in [1.82, 2.24) is 0 Å². The highest BCUT2D eigenvalue weighted by Crippen LogP contribution is 2.37. The van der Waals surface area contributed by atoms with Crippen molar-refractivity contribution in [2.24, 2.45) is 11.7 Å². The standard InChI is InChI=1S/C14H18BrNO/c15-12-5-11(8-14(16)3-4-14)6-13(7-12)17-9-10-1-2-10/h5-7,10H,1-4,8-9,16H2. The van der Waals surface area contributed by atoms with Crippen molar-refractivity contribution in [2.75, 3.05) is 6.61 Å². The molecule has 1 aromatic carbocycles. The fourth-order valence-electron chi connectivity index (χ4n) is 2.05. The summed E-state index contributed by atoms with van der Waals surface area (Å²) in [6, 6.07) is 6.33. The molecule has 0 spiro atoms. The first-order valence-electron chi connectivity index (χ1n) is 6.34. The van der Waals surface area contributed by atoms with Gasteiger partial charge in [0.15, 0.2) is 0 Å². The zero-order valence-corrected chi connectivity index (χ0v) is 11.5. The van der Waals surface area contributed by atoms with E-state index in [9.17, 15) is 0 Å². The number of rotatable bonds is 5. The van der Waals surface area contributed by atoms with E-state index in [0.717, 1.165) is 42.0 Å². The Bertz CT molecular complexity index is 424. The minimum atomic E-state index is 0.0640. The Morgan fingerprint density at radius 3 is 2.71 bits per heavy atom. The van der Waals surface area contributed by atoms with Crippen molar-refractivity contribution in [3.63, 3.8) is 0 Å². The molecule has 2 saturated carbocycles. The summed E-state index contributed by atoms with van der Waals surface area (Å²) in [6.45, 7) is 0.865. The van der Waals surface area contributed by atoms with Gasteiger partial charge in [-0.05, 0) is 61.8 Å². The number of hydrogen-bond acceptors (Lipinski definition) is 2. The summed E-state index contributed by atoms with van der Waals surface area (Å²) < 4.78 is 6.90. The molecular formula is C14H18BrNO. The van der Waals surface area contributed by atoms with Crippen LogP contribution in [-0.2, 0) is 6.42 Å². The molecule has 0 amide bonds. The average molecular weight is 296 g/mol. The number of nitrogens with two attached hydrogens (primary N) is 1. The van der Waals surface area contributed by atoms with Crippen molar-refractivity contribution in [2.45, 2.75) is 37.6 Å². The first kappa shape index (κ1) is 11.5. The van der Waals surface area contributed by atoms with Crippen LogP contribution in [-0.4, -0.2) is 12.1 Å². The highest BCUT2D eigenvalue weighted by atomic mass is 79.9. The lowest BCUT2D eigenvalue weighted by Gasteiger charge is -2.12. The van der Waals surface area contributed by atoms with Gasteiger partial charge in [0.2, 0.25) is 0 Å². The molecule has 0 aliphatic heterocycles. The molecule has 3 heteroatoms. The predicted molar refractivity (Wildman–Crippen MR) is 72.2 cm³/mol. The van der Waals surface area contributed by atoms with Gasteiger partial charge in [-0.25, -0.2) is 0 Å². The topological polar surface area (TPSA) is 35.2 Å². The van der Waals surface area contributed by atoms with Gasteiger partial charge in [0.1, 0.15) is 5.75 Å². The molecule has 0 radical (unpaired) electrons. The van der Waals surface area contributed by atoms with Crippen LogP contribution >= 0.6 is 15.9 Å². The van der Waals surface area contributed by atoms with Crippen LogP contribution in [0.4, 0.5) is 0 Å². The van der Waals surface area contributed by atoms with Gasteiger partial charge < -0.3 is 10.5 Å². The van der Waals surface area contributed by atoms with E-state index in [0.29, 0.717) is 0 Å². The molecule has 2 aliphatic carbocycles. The normalized spacial score (nSPS) is 21.3. The van der Waals surface area contributed by atoms with E-state index in [1.165, 1.54) is 18.4 Å². The minimum Gasteiger partial charge on any atom is -0.493 e. The zero-order valence-electron chi connectivity index (χ0n) is 9.92. The smallest absolute Gasteiger partial charge is 0.120 e. The highest BCUT2D eigenvalue weighted by Gasteiger charge is 2.38. The van der Waals surface area contributed by atoms with E-state index in [-0.39, 0.29) is 5.54 Å². The van der Waals surface area contributed by atoms with Crippen LogP contribution in [0.2, 0.25) is 0 Å². The monoisotopic (exact) mass is 295 g/mol. The van der Waals surface area contributed by atoms with Gasteiger partial charge in [-0.15, -0.1) is 0 Å². The largest absolute Gasteiger partial charge is 0.493 e. The Balaban J connectivity index is 1.69. The van der Waals surface area contributed by atoms with Crippen LogP contribution in [0, 0.1) is 5.92 Å². The quantitative estimate of drug-likeness (QED) is 0.905. The molecule has 0 aromatic heterocycles. The molecule has 2 N–H and O–H groups in total. The molecule has 0 atom stereocenters. The first-order chi connectivity index (χ1) is 8.13. The van der Waals surface area contributed by atoms with Crippen molar-refractivity contribution < 1.29 is 4.74 Å². The van der Waals surface area contributed by atoms with Crippen LogP contribution in [0.3, 0.4) is 0 Å². The highest BCUT2D eigenvalue weighted by molar-refractivity contribution is 9.10. The number of halogens is 1. The Hall–Kier alpha value is -0.540. The number of hydrogen-bond donors (Lipinski definition) is 1. The Morgan fingerprint density at radius 2 is 2.06 bits per heavy atom. The third-order valence-corrected chi connectivity index (χ3v) is 4.02. The van der Waals surface area contributed by atoms with Gasteiger partial charge in [-0.3, -0.25) is 0 Å².